The number of rotatable bonds is 7. The minimum absolute atomic E-state index is 0.123. The quantitative estimate of drug-likeness (QED) is 0.687. The van der Waals surface area contributed by atoms with E-state index in [1.165, 1.54) is 23.5 Å². The number of nitrogens with zero attached hydrogens (tertiary/aromatic N) is 1. The highest BCUT2D eigenvalue weighted by Crippen LogP contribution is 2.21. The number of carbonyl (C=O) groups is 1. The summed E-state index contributed by atoms with van der Waals surface area (Å²) in [7, 11) is 0. The summed E-state index contributed by atoms with van der Waals surface area (Å²) in [6, 6.07) is 12.1. The van der Waals surface area contributed by atoms with Gasteiger partial charge in [0.25, 0.3) is 5.91 Å². The fourth-order valence-electron chi connectivity index (χ4n) is 2.41. The number of carbonyl (C=O) groups excluding carboxylic acids is 1. The van der Waals surface area contributed by atoms with Gasteiger partial charge in [0.1, 0.15) is 10.6 Å². The van der Waals surface area contributed by atoms with Gasteiger partial charge in [-0.2, -0.15) is 8.78 Å². The zero-order valence-corrected chi connectivity index (χ0v) is 14.0. The molecule has 0 bridgehead atoms. The van der Waals surface area contributed by atoms with Gasteiger partial charge in [-0.05, 0) is 47.7 Å². The predicted molar refractivity (Wildman–Crippen MR) is 92.8 cm³/mol. The Morgan fingerprint density at radius 2 is 1.88 bits per heavy atom. The lowest BCUT2D eigenvalue weighted by Gasteiger charge is -2.08. The highest BCUT2D eigenvalue weighted by molar-refractivity contribution is 7.12. The van der Waals surface area contributed by atoms with Crippen molar-refractivity contribution in [3.8, 4) is 11.4 Å². The van der Waals surface area contributed by atoms with Gasteiger partial charge in [-0.25, -0.2) is 0 Å². The average Bonchev–Trinajstić information content (AvgIpc) is 3.27. The van der Waals surface area contributed by atoms with Gasteiger partial charge in [-0.15, -0.1) is 11.3 Å². The first-order valence-corrected chi connectivity index (χ1v) is 8.54. The van der Waals surface area contributed by atoms with Crippen molar-refractivity contribution in [3.05, 3.63) is 70.7 Å². The maximum atomic E-state index is 12.4. The molecule has 0 aliphatic rings. The van der Waals surface area contributed by atoms with Crippen LogP contribution in [0.25, 0.3) is 5.69 Å². The third kappa shape index (κ3) is 4.45. The van der Waals surface area contributed by atoms with E-state index in [-0.39, 0.29) is 11.7 Å². The molecule has 0 saturated carbocycles. The van der Waals surface area contributed by atoms with Crippen LogP contribution in [0.4, 0.5) is 8.78 Å². The number of halogens is 2. The summed E-state index contributed by atoms with van der Waals surface area (Å²) in [5, 5.41) is 4.77. The lowest BCUT2D eigenvalue weighted by atomic mass is 10.1. The summed E-state index contributed by atoms with van der Waals surface area (Å²) < 4.78 is 30.4. The van der Waals surface area contributed by atoms with E-state index in [1.807, 2.05) is 40.5 Å². The van der Waals surface area contributed by atoms with E-state index in [4.69, 9.17) is 0 Å². The standard InChI is InChI=1S/C18H16F2N2O2S/c19-18(20)24-14-5-3-13(4-6-14)7-9-21-17(23)16-15(8-12-25-16)22-10-1-2-11-22/h1-6,8,10-12,18H,7,9H2,(H,21,23). The lowest BCUT2D eigenvalue weighted by Crippen LogP contribution is -2.25. The van der Waals surface area contributed by atoms with Crippen LogP contribution in [0.2, 0.25) is 0 Å². The van der Waals surface area contributed by atoms with Crippen LogP contribution < -0.4 is 10.1 Å². The number of nitrogens with one attached hydrogen (secondary N) is 1. The van der Waals surface area contributed by atoms with E-state index >= 15 is 0 Å². The van der Waals surface area contributed by atoms with Crippen molar-refractivity contribution in [2.24, 2.45) is 0 Å². The van der Waals surface area contributed by atoms with E-state index in [0.717, 1.165) is 11.3 Å². The normalized spacial score (nSPS) is 10.8. The SMILES string of the molecule is O=C(NCCc1ccc(OC(F)F)cc1)c1sccc1-n1cccc1. The molecule has 1 N–H and O–H groups in total. The van der Waals surface area contributed by atoms with Crippen LogP contribution >= 0.6 is 11.3 Å². The van der Waals surface area contributed by atoms with Gasteiger partial charge in [-0.3, -0.25) is 4.79 Å². The second-order valence-corrected chi connectivity index (χ2v) is 6.17. The van der Waals surface area contributed by atoms with Crippen molar-refractivity contribution in [1.82, 2.24) is 9.88 Å². The van der Waals surface area contributed by atoms with Crippen LogP contribution in [-0.2, 0) is 6.42 Å². The molecule has 0 aliphatic heterocycles. The third-order valence-corrected chi connectivity index (χ3v) is 4.48. The molecule has 0 saturated heterocycles. The molecule has 2 aromatic heterocycles. The molecule has 0 unspecified atom stereocenters. The highest BCUT2D eigenvalue weighted by Gasteiger charge is 2.13. The summed E-state index contributed by atoms with van der Waals surface area (Å²) >= 11 is 1.39. The van der Waals surface area contributed by atoms with Crippen molar-refractivity contribution in [1.29, 1.82) is 0 Å². The van der Waals surface area contributed by atoms with Crippen LogP contribution in [0, 0.1) is 0 Å². The van der Waals surface area contributed by atoms with Gasteiger partial charge in [0, 0.05) is 18.9 Å². The Labute approximate surface area is 147 Å². The summed E-state index contributed by atoms with van der Waals surface area (Å²) in [6.45, 7) is -2.37. The third-order valence-electron chi connectivity index (χ3n) is 3.58. The molecule has 1 aromatic carbocycles. The van der Waals surface area contributed by atoms with Gasteiger partial charge in [0.05, 0.1) is 5.69 Å². The number of alkyl halides is 2. The summed E-state index contributed by atoms with van der Waals surface area (Å²) in [5.41, 5.74) is 1.78. The monoisotopic (exact) mass is 362 g/mol. The molecule has 2 heterocycles. The molecule has 130 valence electrons. The topological polar surface area (TPSA) is 43.3 Å². The lowest BCUT2D eigenvalue weighted by molar-refractivity contribution is -0.0498. The molecule has 0 aliphatic carbocycles. The molecule has 7 heteroatoms. The minimum atomic E-state index is -2.83. The summed E-state index contributed by atoms with van der Waals surface area (Å²) in [5.74, 6) is -0.00547. The van der Waals surface area contributed by atoms with Gasteiger partial charge in [0.15, 0.2) is 0 Å². The van der Waals surface area contributed by atoms with Crippen LogP contribution in [0.5, 0.6) is 5.75 Å². The van der Waals surface area contributed by atoms with Crippen LogP contribution in [0.3, 0.4) is 0 Å². The Hall–Kier alpha value is -2.67. The maximum absolute atomic E-state index is 12.4. The van der Waals surface area contributed by atoms with Crippen molar-refractivity contribution in [2.45, 2.75) is 13.0 Å². The maximum Gasteiger partial charge on any atom is 0.387 e. The number of aromatic nitrogens is 1. The van der Waals surface area contributed by atoms with E-state index in [0.29, 0.717) is 17.8 Å². The molecule has 0 atom stereocenters. The number of benzene rings is 1. The predicted octanol–water partition coefficient (Wildman–Crippen LogP) is 4.11. The number of amides is 1. The van der Waals surface area contributed by atoms with Crippen molar-refractivity contribution in [2.75, 3.05) is 6.54 Å². The van der Waals surface area contributed by atoms with E-state index < -0.39 is 6.61 Å². The summed E-state index contributed by atoms with van der Waals surface area (Å²) in [6.07, 6.45) is 4.38. The number of hydrogen-bond acceptors (Lipinski definition) is 3. The van der Waals surface area contributed by atoms with E-state index in [9.17, 15) is 13.6 Å². The van der Waals surface area contributed by atoms with E-state index in [2.05, 4.69) is 10.1 Å². The molecule has 0 radical (unpaired) electrons. The first-order chi connectivity index (χ1) is 12.1. The van der Waals surface area contributed by atoms with Crippen molar-refractivity contribution >= 4 is 17.2 Å². The van der Waals surface area contributed by atoms with Gasteiger partial charge in [0.2, 0.25) is 0 Å². The molecule has 25 heavy (non-hydrogen) atoms. The molecule has 0 spiro atoms. The van der Waals surface area contributed by atoms with Gasteiger partial charge >= 0.3 is 6.61 Å². The van der Waals surface area contributed by atoms with Crippen LogP contribution in [0.15, 0.2) is 60.2 Å². The number of hydrogen-bond donors (Lipinski definition) is 1. The fraction of sp³-hybridized carbons (Fsp3) is 0.167. The average molecular weight is 362 g/mol. The Morgan fingerprint density at radius 3 is 2.56 bits per heavy atom. The molecule has 3 rings (SSSR count). The number of thiophene rings is 1. The van der Waals surface area contributed by atoms with Crippen LogP contribution in [-0.4, -0.2) is 23.6 Å². The Balaban J connectivity index is 1.54. The summed E-state index contributed by atoms with van der Waals surface area (Å²) in [4.78, 5) is 13.0. The zero-order valence-electron chi connectivity index (χ0n) is 13.2. The Bertz CT molecular complexity index is 814. The molecular weight excluding hydrogens is 346 g/mol. The molecule has 3 aromatic rings. The van der Waals surface area contributed by atoms with Gasteiger partial charge < -0.3 is 14.6 Å². The van der Waals surface area contributed by atoms with Gasteiger partial charge in [-0.1, -0.05) is 12.1 Å². The molecule has 1 amide bonds. The fourth-order valence-corrected chi connectivity index (χ4v) is 3.22. The van der Waals surface area contributed by atoms with Crippen LogP contribution in [0.1, 0.15) is 15.2 Å². The highest BCUT2D eigenvalue weighted by atomic mass is 32.1. The largest absolute Gasteiger partial charge is 0.435 e. The number of ether oxygens (including phenoxy) is 1. The molecule has 0 fully saturated rings. The Morgan fingerprint density at radius 1 is 1.16 bits per heavy atom. The Kier molecular flexibility index (Phi) is 5.45. The minimum Gasteiger partial charge on any atom is -0.435 e. The zero-order chi connectivity index (χ0) is 17.6. The second kappa shape index (κ2) is 7.94. The first kappa shape index (κ1) is 17.2. The smallest absolute Gasteiger partial charge is 0.387 e. The van der Waals surface area contributed by atoms with Crippen molar-refractivity contribution < 1.29 is 18.3 Å². The second-order valence-electron chi connectivity index (χ2n) is 5.25. The van der Waals surface area contributed by atoms with E-state index in [1.54, 1.807) is 12.1 Å². The molecule has 4 nitrogen and oxygen atoms in total. The molecular formula is C18H16F2N2O2S. The first-order valence-electron chi connectivity index (χ1n) is 7.66. The van der Waals surface area contributed by atoms with Crippen molar-refractivity contribution in [3.63, 3.8) is 0 Å².